The van der Waals surface area contributed by atoms with Gasteiger partial charge < -0.3 is 53.6 Å². The lowest BCUT2D eigenvalue weighted by atomic mass is 10.00. The lowest BCUT2D eigenvalue weighted by Crippen LogP contribution is -2.62. The summed E-state index contributed by atoms with van der Waals surface area (Å²) in [5, 5.41) is 36.7. The van der Waals surface area contributed by atoms with E-state index in [0.717, 1.165) is 21.6 Å². The average Bonchev–Trinajstić information content (AvgIpc) is 3.18. The molecule has 2 aromatic rings. The molecule has 0 spiro atoms. The molecule has 2 aromatic carbocycles. The fraction of sp³-hybridized carbons (Fsp3) is 0.500. The van der Waals surface area contributed by atoms with Crippen LogP contribution in [0, 0.1) is 0 Å². The van der Waals surface area contributed by atoms with Crippen LogP contribution >= 0.6 is 33.2 Å². The van der Waals surface area contributed by atoms with E-state index < -0.39 is 95.7 Å². The third-order valence-corrected chi connectivity index (χ3v) is 11.9. The normalized spacial score (nSPS) is 23.3. The highest BCUT2D eigenvalue weighted by atomic mass is 35.5. The van der Waals surface area contributed by atoms with Crippen LogP contribution in [0.1, 0.15) is 57.1 Å². The van der Waals surface area contributed by atoms with Crippen LogP contribution in [-0.4, -0.2) is 118 Å². The number of carbonyl (C=O) groups is 7. The number of unbranched alkanes of at least 4 members (excludes halogenated alkanes) is 1. The molecule has 7 amide bonds. The molecule has 12 N–H and O–H groups in total. The van der Waals surface area contributed by atoms with E-state index in [0.29, 0.717) is 35.5 Å². The largest absolute Gasteiger partial charge is 0.391 e. The summed E-state index contributed by atoms with van der Waals surface area (Å²) in [5.41, 5.74) is 12.4. The zero-order valence-corrected chi connectivity index (χ0v) is 34.8. The standard InChI is InChI=1S/C38H53ClN8O9S2/c1-20(24-12-14-25(39)15-13-24)33(51)44-28-18-57-58-19-29(37(55)46-30(21(2)48)32(41)50)45-38(56)31(22(3)49)47-34(52)26(11-7-8-16-40)42-35(53)27(43-36(28)54)17-23-9-5-4-6-10-23/h4-6,9-10,12-15,20-22,26-31,48-49H,7-8,11,16-19,40H2,1-3H3,(H2,41,50)(H,42,53)(H,43,54)(H,44,51)(H,45,56)(H,46,55)(H,47,52)/t20-,21-,22-,26+,27+,28+,29+,30+,31+/m1/s1. The molecule has 9 atom stereocenters. The van der Waals surface area contributed by atoms with Gasteiger partial charge >= 0.3 is 0 Å². The zero-order valence-electron chi connectivity index (χ0n) is 32.4. The number of nitrogens with one attached hydrogen (secondary N) is 6. The van der Waals surface area contributed by atoms with Crippen molar-refractivity contribution in [2.45, 2.75) is 101 Å². The Bertz CT molecular complexity index is 1720. The van der Waals surface area contributed by atoms with Crippen molar-refractivity contribution < 1.29 is 43.8 Å². The molecule has 3 rings (SSSR count). The predicted molar refractivity (Wildman–Crippen MR) is 222 cm³/mol. The molecule has 0 aromatic heterocycles. The molecule has 1 aliphatic rings. The smallest absolute Gasteiger partial charge is 0.245 e. The molecular formula is C38H53ClN8O9S2. The average molecular weight is 865 g/mol. The lowest BCUT2D eigenvalue weighted by Gasteiger charge is -2.28. The first-order valence-electron chi connectivity index (χ1n) is 18.7. The second-order valence-electron chi connectivity index (χ2n) is 13.9. The summed E-state index contributed by atoms with van der Waals surface area (Å²) in [6, 6.07) is 7.16. The van der Waals surface area contributed by atoms with Gasteiger partial charge in [-0.1, -0.05) is 75.7 Å². The number of nitrogens with two attached hydrogens (primary N) is 2. The minimum atomic E-state index is -1.62. The molecule has 17 nitrogen and oxygen atoms in total. The molecule has 0 unspecified atom stereocenters. The van der Waals surface area contributed by atoms with E-state index >= 15 is 0 Å². The van der Waals surface area contributed by atoms with Gasteiger partial charge in [-0.15, -0.1) is 0 Å². The number of carbonyl (C=O) groups excluding carboxylic acids is 7. The third kappa shape index (κ3) is 15.1. The number of rotatable bonds is 14. The number of aliphatic hydroxyl groups excluding tert-OH is 2. The molecular weight excluding hydrogens is 812 g/mol. The van der Waals surface area contributed by atoms with Gasteiger partial charge in [-0.25, -0.2) is 0 Å². The Labute approximate surface area is 350 Å². The second kappa shape index (κ2) is 23.9. The molecule has 318 valence electrons. The van der Waals surface area contributed by atoms with E-state index in [9.17, 15) is 43.8 Å². The summed E-state index contributed by atoms with van der Waals surface area (Å²) in [5.74, 6) is -6.74. The van der Waals surface area contributed by atoms with Gasteiger partial charge in [0.25, 0.3) is 0 Å². The van der Waals surface area contributed by atoms with Crippen molar-refractivity contribution in [2.24, 2.45) is 11.5 Å². The first-order chi connectivity index (χ1) is 27.5. The van der Waals surface area contributed by atoms with Crippen molar-refractivity contribution in [1.82, 2.24) is 31.9 Å². The van der Waals surface area contributed by atoms with Gasteiger partial charge in [0.15, 0.2) is 0 Å². The maximum absolute atomic E-state index is 14.1. The van der Waals surface area contributed by atoms with Crippen LogP contribution in [0.5, 0.6) is 0 Å². The molecule has 0 aliphatic carbocycles. The van der Waals surface area contributed by atoms with Gasteiger partial charge in [-0.05, 0) is 69.8 Å². The van der Waals surface area contributed by atoms with Gasteiger partial charge in [0.2, 0.25) is 41.4 Å². The second-order valence-corrected chi connectivity index (χ2v) is 16.9. The summed E-state index contributed by atoms with van der Waals surface area (Å²) in [7, 11) is 2.07. The van der Waals surface area contributed by atoms with Crippen molar-refractivity contribution in [2.75, 3.05) is 18.1 Å². The molecule has 0 bridgehead atoms. The monoisotopic (exact) mass is 864 g/mol. The van der Waals surface area contributed by atoms with Crippen molar-refractivity contribution >= 4 is 74.5 Å². The maximum Gasteiger partial charge on any atom is 0.245 e. The molecule has 58 heavy (non-hydrogen) atoms. The number of primary amides is 1. The topological polar surface area (TPSA) is 284 Å². The number of benzene rings is 2. The zero-order chi connectivity index (χ0) is 42.9. The van der Waals surface area contributed by atoms with Crippen molar-refractivity contribution in [3.8, 4) is 0 Å². The van der Waals surface area contributed by atoms with Crippen LogP contribution in [0.3, 0.4) is 0 Å². The highest BCUT2D eigenvalue weighted by Crippen LogP contribution is 2.25. The molecule has 1 saturated heterocycles. The number of aliphatic hydroxyl groups is 2. The molecule has 20 heteroatoms. The Morgan fingerprint density at radius 3 is 2.05 bits per heavy atom. The van der Waals surface area contributed by atoms with Crippen molar-refractivity contribution in [1.29, 1.82) is 0 Å². The van der Waals surface area contributed by atoms with Gasteiger partial charge in [0, 0.05) is 22.9 Å². The Balaban J connectivity index is 2.06. The SMILES string of the molecule is C[C@@H](C(=O)N[C@H]1CSSC[C@@H](C(=O)N[C@H](C(N)=O)[C@@H](C)O)NC(=O)[C@H]([C@@H](C)O)NC(=O)[C@H](CCCCN)NC(=O)[C@H](Cc2ccccc2)NC1=O)c1ccc(Cl)cc1. The molecule has 0 radical (unpaired) electrons. The fourth-order valence-electron chi connectivity index (χ4n) is 5.77. The summed E-state index contributed by atoms with van der Waals surface area (Å²) in [6.07, 6.45) is -1.93. The fourth-order valence-corrected chi connectivity index (χ4v) is 8.22. The molecule has 1 fully saturated rings. The Kier molecular flexibility index (Phi) is 19.7. The Hall–Kier alpha value is -4.40. The summed E-state index contributed by atoms with van der Waals surface area (Å²) < 4.78 is 0. The summed E-state index contributed by atoms with van der Waals surface area (Å²) >= 11 is 6.04. The lowest BCUT2D eigenvalue weighted by molar-refractivity contribution is -0.136. The van der Waals surface area contributed by atoms with Crippen molar-refractivity contribution in [3.05, 3.63) is 70.7 Å². The highest BCUT2D eigenvalue weighted by molar-refractivity contribution is 8.76. The summed E-state index contributed by atoms with van der Waals surface area (Å²) in [6.45, 7) is 4.43. The van der Waals surface area contributed by atoms with E-state index in [1.165, 1.54) is 13.8 Å². The van der Waals surface area contributed by atoms with E-state index in [1.807, 2.05) is 0 Å². The first-order valence-corrected chi connectivity index (χ1v) is 21.6. The number of hydrogen-bond donors (Lipinski definition) is 10. The van der Waals surface area contributed by atoms with Crippen LogP contribution in [0.4, 0.5) is 0 Å². The van der Waals surface area contributed by atoms with E-state index in [4.69, 9.17) is 23.1 Å². The number of hydrogen-bond acceptors (Lipinski definition) is 12. The van der Waals surface area contributed by atoms with Crippen LogP contribution < -0.4 is 43.4 Å². The van der Waals surface area contributed by atoms with Gasteiger partial charge in [0.05, 0.1) is 18.1 Å². The van der Waals surface area contributed by atoms with E-state index in [-0.39, 0.29) is 24.3 Å². The van der Waals surface area contributed by atoms with Crippen LogP contribution in [0.25, 0.3) is 0 Å². The van der Waals surface area contributed by atoms with E-state index in [1.54, 1.807) is 61.5 Å². The maximum atomic E-state index is 14.1. The Morgan fingerprint density at radius 1 is 0.828 bits per heavy atom. The van der Waals surface area contributed by atoms with Gasteiger partial charge in [0.1, 0.15) is 36.3 Å². The van der Waals surface area contributed by atoms with Gasteiger partial charge in [-0.2, -0.15) is 0 Å². The van der Waals surface area contributed by atoms with Gasteiger partial charge in [-0.3, -0.25) is 33.6 Å². The molecule has 1 heterocycles. The minimum Gasteiger partial charge on any atom is -0.391 e. The third-order valence-electron chi connectivity index (χ3n) is 9.23. The van der Waals surface area contributed by atoms with Crippen LogP contribution in [0.2, 0.25) is 5.02 Å². The van der Waals surface area contributed by atoms with Crippen LogP contribution in [-0.2, 0) is 40.0 Å². The van der Waals surface area contributed by atoms with Crippen molar-refractivity contribution in [3.63, 3.8) is 0 Å². The molecule has 0 saturated carbocycles. The quantitative estimate of drug-likeness (QED) is 0.0840. The minimum absolute atomic E-state index is 0.00748. The number of halogens is 1. The molecule has 1 aliphatic heterocycles. The first kappa shape index (κ1) is 48.0. The Morgan fingerprint density at radius 2 is 1.45 bits per heavy atom. The predicted octanol–water partition coefficient (Wildman–Crippen LogP) is -0.634. The number of amides is 7. The van der Waals surface area contributed by atoms with Crippen LogP contribution in [0.15, 0.2) is 54.6 Å². The summed E-state index contributed by atoms with van der Waals surface area (Å²) in [4.78, 5) is 94.8. The highest BCUT2D eigenvalue weighted by Gasteiger charge is 2.36. The van der Waals surface area contributed by atoms with E-state index in [2.05, 4.69) is 31.9 Å².